The van der Waals surface area contributed by atoms with E-state index in [0.717, 1.165) is 11.1 Å². The molecule has 1 unspecified atom stereocenters. The first-order valence-corrected chi connectivity index (χ1v) is 8.69. The van der Waals surface area contributed by atoms with E-state index in [4.69, 9.17) is 0 Å². The number of carbonyl (C=O) groups is 1. The molecule has 4 rings (SSSR count). The van der Waals surface area contributed by atoms with Crippen molar-refractivity contribution in [2.75, 3.05) is 0 Å². The van der Waals surface area contributed by atoms with Crippen LogP contribution in [0.4, 0.5) is 5.69 Å². The van der Waals surface area contributed by atoms with E-state index < -0.39 is 11.9 Å². The fourth-order valence-electron chi connectivity index (χ4n) is 3.10. The van der Waals surface area contributed by atoms with Crippen molar-refractivity contribution >= 4 is 33.4 Å². The van der Waals surface area contributed by atoms with Gasteiger partial charge in [-0.15, -0.1) is 10.2 Å². The molecule has 0 spiro atoms. The number of benzene rings is 2. The molecule has 8 heteroatoms. The Morgan fingerprint density at radius 1 is 1.18 bits per heavy atom. The summed E-state index contributed by atoms with van der Waals surface area (Å²) in [5, 5.41) is 18.8. The molecule has 8 nitrogen and oxygen atoms in total. The van der Waals surface area contributed by atoms with Gasteiger partial charge >= 0.3 is 0 Å². The predicted molar refractivity (Wildman–Crippen MR) is 105 cm³/mol. The van der Waals surface area contributed by atoms with E-state index in [1.165, 1.54) is 10.9 Å². The van der Waals surface area contributed by atoms with Crippen molar-refractivity contribution in [2.24, 2.45) is 10.2 Å². The maximum Gasteiger partial charge on any atom is 0.287 e. The summed E-state index contributed by atoms with van der Waals surface area (Å²) in [7, 11) is 0. The van der Waals surface area contributed by atoms with Gasteiger partial charge in [-0.1, -0.05) is 30.3 Å². The SMILES string of the molecule is Cc1cccc2c(N=NC(=O)C(C)n3cnc4ccccc4c3=O)c(O)[nH]c12. The van der Waals surface area contributed by atoms with Crippen molar-refractivity contribution in [1.29, 1.82) is 0 Å². The molecule has 0 saturated carbocycles. The van der Waals surface area contributed by atoms with E-state index in [-0.39, 0.29) is 17.1 Å². The van der Waals surface area contributed by atoms with Crippen molar-refractivity contribution in [3.8, 4) is 5.88 Å². The average Bonchev–Trinajstić information content (AvgIpc) is 3.03. The second-order valence-electron chi connectivity index (χ2n) is 6.51. The zero-order valence-corrected chi connectivity index (χ0v) is 15.2. The second-order valence-corrected chi connectivity index (χ2v) is 6.51. The van der Waals surface area contributed by atoms with Gasteiger partial charge in [-0.3, -0.25) is 14.2 Å². The Bertz CT molecular complexity index is 1300. The summed E-state index contributed by atoms with van der Waals surface area (Å²) in [4.78, 5) is 32.2. The molecule has 2 heterocycles. The number of hydrogen-bond donors (Lipinski definition) is 2. The van der Waals surface area contributed by atoms with Gasteiger partial charge < -0.3 is 10.1 Å². The highest BCUT2D eigenvalue weighted by atomic mass is 16.3. The molecule has 0 fully saturated rings. The number of para-hydroxylation sites is 2. The lowest BCUT2D eigenvalue weighted by Gasteiger charge is -2.11. The van der Waals surface area contributed by atoms with Crippen LogP contribution in [0.25, 0.3) is 21.8 Å². The van der Waals surface area contributed by atoms with Crippen LogP contribution in [0.3, 0.4) is 0 Å². The van der Waals surface area contributed by atoms with Gasteiger partial charge in [0.15, 0.2) is 5.69 Å². The highest BCUT2D eigenvalue weighted by molar-refractivity contribution is 5.96. The summed E-state index contributed by atoms with van der Waals surface area (Å²) in [6, 6.07) is 11.5. The molecule has 28 heavy (non-hydrogen) atoms. The molecule has 0 aliphatic rings. The van der Waals surface area contributed by atoms with Crippen LogP contribution in [0.5, 0.6) is 5.88 Å². The lowest BCUT2D eigenvalue weighted by Crippen LogP contribution is -2.27. The molecule has 1 atom stereocenters. The zero-order chi connectivity index (χ0) is 19.8. The Kier molecular flexibility index (Phi) is 4.23. The fourth-order valence-corrected chi connectivity index (χ4v) is 3.10. The summed E-state index contributed by atoms with van der Waals surface area (Å²) in [6.45, 7) is 3.45. The van der Waals surface area contributed by atoms with E-state index in [0.29, 0.717) is 16.3 Å². The Labute approximate surface area is 159 Å². The summed E-state index contributed by atoms with van der Waals surface area (Å²) >= 11 is 0. The smallest absolute Gasteiger partial charge is 0.287 e. The normalized spacial score (nSPS) is 12.8. The molecule has 0 aliphatic carbocycles. The van der Waals surface area contributed by atoms with E-state index in [2.05, 4.69) is 20.2 Å². The molecule has 2 aromatic heterocycles. The minimum absolute atomic E-state index is 0.168. The maximum atomic E-state index is 12.6. The van der Waals surface area contributed by atoms with Crippen LogP contribution < -0.4 is 5.56 Å². The summed E-state index contributed by atoms with van der Waals surface area (Å²) in [5.74, 6) is -0.793. The van der Waals surface area contributed by atoms with Gasteiger partial charge in [-0.2, -0.15) is 0 Å². The molecular formula is C20H17N5O3. The monoisotopic (exact) mass is 375 g/mol. The molecule has 1 amide bonds. The Morgan fingerprint density at radius 2 is 1.93 bits per heavy atom. The maximum absolute atomic E-state index is 12.6. The predicted octanol–water partition coefficient (Wildman–Crippen LogP) is 3.76. The molecule has 0 aliphatic heterocycles. The summed E-state index contributed by atoms with van der Waals surface area (Å²) in [6.07, 6.45) is 1.33. The van der Waals surface area contributed by atoms with Crippen molar-refractivity contribution in [1.82, 2.24) is 14.5 Å². The Morgan fingerprint density at radius 3 is 2.75 bits per heavy atom. The number of amides is 1. The lowest BCUT2D eigenvalue weighted by atomic mass is 10.1. The number of aromatic amines is 1. The lowest BCUT2D eigenvalue weighted by molar-refractivity contribution is -0.121. The fraction of sp³-hybridized carbons (Fsp3) is 0.150. The molecule has 0 saturated heterocycles. The van der Waals surface area contributed by atoms with Crippen LogP contribution in [-0.2, 0) is 4.79 Å². The van der Waals surface area contributed by atoms with E-state index in [1.807, 2.05) is 19.1 Å². The van der Waals surface area contributed by atoms with Crippen molar-refractivity contribution in [2.45, 2.75) is 19.9 Å². The van der Waals surface area contributed by atoms with Crippen LogP contribution in [0.1, 0.15) is 18.5 Å². The quantitative estimate of drug-likeness (QED) is 0.531. The van der Waals surface area contributed by atoms with E-state index >= 15 is 0 Å². The minimum atomic E-state index is -0.887. The molecule has 0 bridgehead atoms. The zero-order valence-electron chi connectivity index (χ0n) is 15.2. The van der Waals surface area contributed by atoms with Crippen LogP contribution in [0, 0.1) is 6.92 Å². The first-order valence-electron chi connectivity index (χ1n) is 8.69. The standard InChI is InChI=1S/C20H17N5O3/c1-11-6-5-8-14-16(11)22-19(27)17(14)23-24-18(26)12(2)25-10-21-15-9-4-3-7-13(15)20(25)28/h3-10,12,22,27H,1-2H3. The molecule has 0 radical (unpaired) electrons. The number of aromatic nitrogens is 3. The number of nitrogens with zero attached hydrogens (tertiary/aromatic N) is 4. The van der Waals surface area contributed by atoms with Crippen LogP contribution in [0.2, 0.25) is 0 Å². The third-order valence-electron chi connectivity index (χ3n) is 4.71. The molecule has 2 N–H and O–H groups in total. The van der Waals surface area contributed by atoms with Gasteiger partial charge in [0.2, 0.25) is 5.88 Å². The number of azo groups is 1. The average molecular weight is 375 g/mol. The van der Waals surface area contributed by atoms with Crippen LogP contribution >= 0.6 is 0 Å². The number of H-pyrrole nitrogens is 1. The summed E-state index contributed by atoms with van der Waals surface area (Å²) < 4.78 is 1.23. The van der Waals surface area contributed by atoms with E-state index in [9.17, 15) is 14.7 Å². The van der Waals surface area contributed by atoms with Gasteiger partial charge in [-0.05, 0) is 31.5 Å². The van der Waals surface area contributed by atoms with Gasteiger partial charge in [0, 0.05) is 5.39 Å². The van der Waals surface area contributed by atoms with Crippen LogP contribution in [-0.4, -0.2) is 25.5 Å². The Balaban J connectivity index is 1.68. The number of carbonyl (C=O) groups excluding carboxylic acids is 1. The first-order chi connectivity index (χ1) is 13.5. The third-order valence-corrected chi connectivity index (χ3v) is 4.71. The Hall–Kier alpha value is -3.81. The number of rotatable bonds is 3. The second kappa shape index (κ2) is 6.73. The number of aromatic hydroxyl groups is 1. The number of fused-ring (bicyclic) bond motifs is 2. The number of aryl methyl sites for hydroxylation is 1. The summed E-state index contributed by atoms with van der Waals surface area (Å²) in [5.41, 5.74) is 2.08. The third kappa shape index (κ3) is 2.84. The topological polar surface area (TPSA) is 113 Å². The molecule has 4 aromatic rings. The van der Waals surface area contributed by atoms with E-state index in [1.54, 1.807) is 37.3 Å². The van der Waals surface area contributed by atoms with Gasteiger partial charge in [0.25, 0.3) is 11.5 Å². The van der Waals surface area contributed by atoms with Crippen molar-refractivity contribution in [3.63, 3.8) is 0 Å². The first kappa shape index (κ1) is 17.6. The highest BCUT2D eigenvalue weighted by Gasteiger charge is 2.18. The molecule has 2 aromatic carbocycles. The highest BCUT2D eigenvalue weighted by Crippen LogP contribution is 2.36. The van der Waals surface area contributed by atoms with Gasteiger partial charge in [-0.25, -0.2) is 4.98 Å². The largest absolute Gasteiger partial charge is 0.493 e. The minimum Gasteiger partial charge on any atom is -0.493 e. The number of nitrogens with one attached hydrogen (secondary N) is 1. The molecular weight excluding hydrogens is 358 g/mol. The van der Waals surface area contributed by atoms with Crippen molar-refractivity contribution < 1.29 is 9.90 Å². The van der Waals surface area contributed by atoms with Crippen molar-refractivity contribution in [3.05, 3.63) is 64.7 Å². The van der Waals surface area contributed by atoms with Gasteiger partial charge in [0.05, 0.1) is 22.7 Å². The van der Waals surface area contributed by atoms with Crippen LogP contribution in [0.15, 0.2) is 63.8 Å². The van der Waals surface area contributed by atoms with Gasteiger partial charge in [0.1, 0.15) is 6.04 Å². The molecule has 140 valence electrons. The number of hydrogen-bond acceptors (Lipinski definition) is 5.